The van der Waals surface area contributed by atoms with E-state index < -0.39 is 0 Å². The molecule has 1 aromatic carbocycles. The first-order valence-electron chi connectivity index (χ1n) is 6.46. The highest BCUT2D eigenvalue weighted by Crippen LogP contribution is 2.31. The summed E-state index contributed by atoms with van der Waals surface area (Å²) in [5, 5.41) is 0. The molecule has 1 saturated carbocycles. The molecule has 0 heterocycles. The molecule has 0 bridgehead atoms. The first-order chi connectivity index (χ1) is 7.94. The van der Waals surface area contributed by atoms with Crippen molar-refractivity contribution >= 4 is 0 Å². The van der Waals surface area contributed by atoms with Gasteiger partial charge in [-0.2, -0.15) is 0 Å². The minimum absolute atomic E-state index is 0.0951. The van der Waals surface area contributed by atoms with Crippen molar-refractivity contribution < 1.29 is 4.74 Å². The number of hydrogen-bond acceptors (Lipinski definition) is 2. The molecule has 0 aliphatic heterocycles. The van der Waals surface area contributed by atoms with Gasteiger partial charge in [0, 0.05) is 6.04 Å². The van der Waals surface area contributed by atoms with Crippen LogP contribution in [0.3, 0.4) is 0 Å². The largest absolute Gasteiger partial charge is 0.490 e. The summed E-state index contributed by atoms with van der Waals surface area (Å²) in [6.07, 6.45) is 3.82. The fraction of sp³-hybridized carbons (Fsp3) is 0.600. The van der Waals surface area contributed by atoms with E-state index in [0.717, 1.165) is 12.2 Å². The number of benzene rings is 1. The van der Waals surface area contributed by atoms with Gasteiger partial charge in [-0.3, -0.25) is 0 Å². The van der Waals surface area contributed by atoms with Crippen molar-refractivity contribution in [1.29, 1.82) is 0 Å². The van der Waals surface area contributed by atoms with Crippen LogP contribution in [0.2, 0.25) is 0 Å². The molecule has 1 unspecified atom stereocenters. The average molecular weight is 233 g/mol. The van der Waals surface area contributed by atoms with Gasteiger partial charge >= 0.3 is 0 Å². The van der Waals surface area contributed by atoms with Crippen LogP contribution in [0, 0.1) is 5.41 Å². The van der Waals surface area contributed by atoms with Crippen molar-refractivity contribution in [3.8, 4) is 5.75 Å². The summed E-state index contributed by atoms with van der Waals surface area (Å²) in [6, 6.07) is 8.34. The average Bonchev–Trinajstić information content (AvgIpc) is 2.99. The third kappa shape index (κ3) is 4.04. The Balaban J connectivity index is 2.03. The lowest BCUT2D eigenvalue weighted by molar-refractivity contribution is 0.301. The highest BCUT2D eigenvalue weighted by molar-refractivity contribution is 5.31. The van der Waals surface area contributed by atoms with Crippen LogP contribution in [0.1, 0.15) is 51.6 Å². The van der Waals surface area contributed by atoms with E-state index in [-0.39, 0.29) is 11.5 Å². The SMILES string of the molecule is CC(C)(C)CC(N)c1cccc(OC2CC2)c1. The second-order valence-corrected chi connectivity index (χ2v) is 6.26. The summed E-state index contributed by atoms with van der Waals surface area (Å²) < 4.78 is 5.79. The molecular weight excluding hydrogens is 210 g/mol. The zero-order valence-electron chi connectivity index (χ0n) is 11.1. The van der Waals surface area contributed by atoms with E-state index in [1.807, 2.05) is 12.1 Å². The van der Waals surface area contributed by atoms with Crippen molar-refractivity contribution in [3.63, 3.8) is 0 Å². The third-order valence-electron chi connectivity index (χ3n) is 2.95. The summed E-state index contributed by atoms with van der Waals surface area (Å²) in [6.45, 7) is 6.66. The fourth-order valence-electron chi connectivity index (χ4n) is 1.97. The lowest BCUT2D eigenvalue weighted by Gasteiger charge is -2.23. The second-order valence-electron chi connectivity index (χ2n) is 6.26. The normalized spacial score (nSPS) is 17.9. The van der Waals surface area contributed by atoms with Crippen molar-refractivity contribution in [2.24, 2.45) is 11.1 Å². The summed E-state index contributed by atoms with van der Waals surface area (Å²) in [5.74, 6) is 0.967. The molecule has 0 saturated heterocycles. The molecule has 0 radical (unpaired) electrons. The van der Waals surface area contributed by atoms with E-state index in [1.165, 1.54) is 18.4 Å². The van der Waals surface area contributed by atoms with Crippen molar-refractivity contribution in [2.75, 3.05) is 0 Å². The van der Waals surface area contributed by atoms with Gasteiger partial charge in [-0.15, -0.1) is 0 Å². The van der Waals surface area contributed by atoms with Gasteiger partial charge in [-0.1, -0.05) is 32.9 Å². The van der Waals surface area contributed by atoms with Crippen LogP contribution in [-0.4, -0.2) is 6.10 Å². The van der Waals surface area contributed by atoms with E-state index in [2.05, 4.69) is 32.9 Å². The summed E-state index contributed by atoms with van der Waals surface area (Å²) in [5.41, 5.74) is 7.68. The summed E-state index contributed by atoms with van der Waals surface area (Å²) in [4.78, 5) is 0. The maximum absolute atomic E-state index is 6.24. The van der Waals surface area contributed by atoms with Crippen LogP contribution in [-0.2, 0) is 0 Å². The van der Waals surface area contributed by atoms with E-state index in [4.69, 9.17) is 10.5 Å². The van der Waals surface area contributed by atoms with E-state index in [9.17, 15) is 0 Å². The lowest BCUT2D eigenvalue weighted by Crippen LogP contribution is -2.18. The smallest absolute Gasteiger partial charge is 0.120 e. The van der Waals surface area contributed by atoms with Gasteiger partial charge < -0.3 is 10.5 Å². The van der Waals surface area contributed by atoms with Gasteiger partial charge in [-0.25, -0.2) is 0 Å². The molecule has 1 aromatic rings. The standard InChI is InChI=1S/C15H23NO/c1-15(2,3)10-14(16)11-5-4-6-13(9-11)17-12-7-8-12/h4-6,9,12,14H,7-8,10,16H2,1-3H3. The fourth-order valence-corrected chi connectivity index (χ4v) is 1.97. The molecule has 2 heteroatoms. The molecule has 1 fully saturated rings. The lowest BCUT2D eigenvalue weighted by atomic mass is 9.86. The van der Waals surface area contributed by atoms with Crippen LogP contribution in [0.5, 0.6) is 5.75 Å². The van der Waals surface area contributed by atoms with Crippen LogP contribution >= 0.6 is 0 Å². The Morgan fingerprint density at radius 2 is 2.06 bits per heavy atom. The number of ether oxygens (including phenoxy) is 1. The van der Waals surface area contributed by atoms with Crippen LogP contribution in [0.25, 0.3) is 0 Å². The zero-order chi connectivity index (χ0) is 12.5. The molecule has 94 valence electrons. The van der Waals surface area contributed by atoms with Crippen LogP contribution < -0.4 is 10.5 Å². The van der Waals surface area contributed by atoms with Gasteiger partial charge in [0.15, 0.2) is 0 Å². The highest BCUT2D eigenvalue weighted by Gasteiger charge is 2.24. The third-order valence-corrected chi connectivity index (χ3v) is 2.95. The van der Waals surface area contributed by atoms with Crippen molar-refractivity contribution in [3.05, 3.63) is 29.8 Å². The molecule has 0 amide bonds. The Labute approximate surface area is 104 Å². The molecular formula is C15H23NO. The maximum atomic E-state index is 6.24. The Hall–Kier alpha value is -1.02. The summed E-state index contributed by atoms with van der Waals surface area (Å²) >= 11 is 0. The topological polar surface area (TPSA) is 35.2 Å². The minimum Gasteiger partial charge on any atom is -0.490 e. The number of nitrogens with two attached hydrogens (primary N) is 1. The van der Waals surface area contributed by atoms with E-state index in [1.54, 1.807) is 0 Å². The Morgan fingerprint density at radius 1 is 1.35 bits per heavy atom. The maximum Gasteiger partial charge on any atom is 0.120 e. The van der Waals surface area contributed by atoms with E-state index >= 15 is 0 Å². The molecule has 1 aliphatic carbocycles. The Morgan fingerprint density at radius 3 is 2.65 bits per heavy atom. The number of hydrogen-bond donors (Lipinski definition) is 1. The molecule has 0 aromatic heterocycles. The Bertz CT molecular complexity index is 377. The number of rotatable bonds is 4. The van der Waals surface area contributed by atoms with E-state index in [0.29, 0.717) is 6.10 Å². The van der Waals surface area contributed by atoms with Gasteiger partial charge in [0.25, 0.3) is 0 Å². The first-order valence-corrected chi connectivity index (χ1v) is 6.46. The minimum atomic E-state index is 0.0951. The first kappa shape index (κ1) is 12.4. The second kappa shape index (κ2) is 4.69. The van der Waals surface area contributed by atoms with Crippen molar-refractivity contribution in [1.82, 2.24) is 0 Å². The molecule has 17 heavy (non-hydrogen) atoms. The molecule has 2 rings (SSSR count). The predicted octanol–water partition coefficient (Wildman–Crippen LogP) is 3.66. The van der Waals surface area contributed by atoms with Gasteiger partial charge in [0.05, 0.1) is 6.10 Å². The van der Waals surface area contributed by atoms with Gasteiger partial charge in [0.1, 0.15) is 5.75 Å². The predicted molar refractivity (Wildman–Crippen MR) is 71.1 cm³/mol. The summed E-state index contributed by atoms with van der Waals surface area (Å²) in [7, 11) is 0. The highest BCUT2D eigenvalue weighted by atomic mass is 16.5. The van der Waals surface area contributed by atoms with Gasteiger partial charge in [-0.05, 0) is 42.4 Å². The molecule has 1 atom stereocenters. The van der Waals surface area contributed by atoms with Crippen molar-refractivity contribution in [2.45, 2.75) is 52.2 Å². The molecule has 0 spiro atoms. The van der Waals surface area contributed by atoms with Gasteiger partial charge in [0.2, 0.25) is 0 Å². The zero-order valence-corrected chi connectivity index (χ0v) is 11.1. The molecule has 2 nitrogen and oxygen atoms in total. The quantitative estimate of drug-likeness (QED) is 0.861. The molecule has 1 aliphatic rings. The molecule has 2 N–H and O–H groups in total. The van der Waals surface area contributed by atoms with Crippen LogP contribution in [0.15, 0.2) is 24.3 Å². The monoisotopic (exact) mass is 233 g/mol. The Kier molecular flexibility index (Phi) is 3.43. The van der Waals surface area contributed by atoms with Crippen LogP contribution in [0.4, 0.5) is 0 Å².